The summed E-state index contributed by atoms with van der Waals surface area (Å²) in [5.41, 5.74) is 1.07. The lowest BCUT2D eigenvalue weighted by Crippen LogP contribution is -2.53. The SMILES string of the molecule is Fc1ccc(NC2CN3CCC2CC3)c(I)c1. The van der Waals surface area contributed by atoms with Crippen LogP contribution in [0.2, 0.25) is 0 Å². The van der Waals surface area contributed by atoms with Gasteiger partial charge in [-0.25, -0.2) is 4.39 Å². The van der Waals surface area contributed by atoms with Crippen LogP contribution in [-0.4, -0.2) is 30.6 Å². The fourth-order valence-electron chi connectivity index (χ4n) is 2.93. The lowest BCUT2D eigenvalue weighted by molar-refractivity contribution is 0.0975. The first kappa shape index (κ1) is 11.7. The number of halogens is 2. The standard InChI is InChI=1S/C13H16FIN2/c14-10-1-2-12(11(15)7-10)16-13-8-17-5-3-9(13)4-6-17/h1-2,7,9,13,16H,3-6,8H2. The van der Waals surface area contributed by atoms with Crippen molar-refractivity contribution in [1.82, 2.24) is 4.90 Å². The number of benzene rings is 1. The highest BCUT2D eigenvalue weighted by atomic mass is 127. The third-order valence-electron chi connectivity index (χ3n) is 3.93. The van der Waals surface area contributed by atoms with Crippen molar-refractivity contribution in [2.75, 3.05) is 25.0 Å². The van der Waals surface area contributed by atoms with E-state index in [0.29, 0.717) is 6.04 Å². The Morgan fingerprint density at radius 3 is 2.65 bits per heavy atom. The predicted molar refractivity (Wildman–Crippen MR) is 75.7 cm³/mol. The minimum absolute atomic E-state index is 0.158. The molecule has 3 fully saturated rings. The quantitative estimate of drug-likeness (QED) is 0.829. The number of nitrogens with one attached hydrogen (secondary N) is 1. The minimum Gasteiger partial charge on any atom is -0.380 e. The number of piperidine rings is 3. The Bertz CT molecular complexity index is 416. The van der Waals surface area contributed by atoms with Gasteiger partial charge < -0.3 is 10.2 Å². The van der Waals surface area contributed by atoms with Crippen LogP contribution in [0.5, 0.6) is 0 Å². The summed E-state index contributed by atoms with van der Waals surface area (Å²) in [5, 5.41) is 3.59. The van der Waals surface area contributed by atoms with Crippen molar-refractivity contribution in [3.8, 4) is 0 Å². The predicted octanol–water partition coefficient (Wildman–Crippen LogP) is 2.94. The second-order valence-electron chi connectivity index (χ2n) is 5.01. The van der Waals surface area contributed by atoms with Gasteiger partial charge in [0.05, 0.1) is 0 Å². The summed E-state index contributed by atoms with van der Waals surface area (Å²) < 4.78 is 14.0. The lowest BCUT2D eigenvalue weighted by Gasteiger charge is -2.45. The molecule has 1 aromatic rings. The average molecular weight is 346 g/mol. The van der Waals surface area contributed by atoms with Crippen LogP contribution in [0.15, 0.2) is 18.2 Å². The Morgan fingerprint density at radius 2 is 2.06 bits per heavy atom. The largest absolute Gasteiger partial charge is 0.380 e. The summed E-state index contributed by atoms with van der Waals surface area (Å²) in [7, 11) is 0. The molecular formula is C13H16FIN2. The molecule has 1 unspecified atom stereocenters. The zero-order valence-corrected chi connectivity index (χ0v) is 11.8. The molecule has 17 heavy (non-hydrogen) atoms. The molecule has 3 saturated heterocycles. The Hall–Kier alpha value is -0.360. The monoisotopic (exact) mass is 346 g/mol. The first-order valence-electron chi connectivity index (χ1n) is 6.16. The van der Waals surface area contributed by atoms with E-state index in [4.69, 9.17) is 0 Å². The van der Waals surface area contributed by atoms with Crippen LogP contribution in [0.1, 0.15) is 12.8 Å². The summed E-state index contributed by atoms with van der Waals surface area (Å²) in [6.45, 7) is 3.64. The first-order chi connectivity index (χ1) is 8.22. The van der Waals surface area contributed by atoms with Gasteiger partial charge in [-0.15, -0.1) is 0 Å². The van der Waals surface area contributed by atoms with Crippen LogP contribution < -0.4 is 5.32 Å². The molecule has 0 aromatic heterocycles. The second kappa shape index (κ2) is 4.72. The van der Waals surface area contributed by atoms with Crippen molar-refractivity contribution in [2.24, 2.45) is 5.92 Å². The van der Waals surface area contributed by atoms with E-state index in [0.717, 1.165) is 21.7 Å². The van der Waals surface area contributed by atoms with Gasteiger partial charge in [-0.2, -0.15) is 0 Å². The molecule has 1 N–H and O–H groups in total. The van der Waals surface area contributed by atoms with Gasteiger partial charge in [0.15, 0.2) is 0 Å². The Labute approximate surface area is 115 Å². The van der Waals surface area contributed by atoms with Gasteiger partial charge in [-0.3, -0.25) is 0 Å². The third kappa shape index (κ3) is 2.42. The summed E-state index contributed by atoms with van der Waals surface area (Å²) in [4.78, 5) is 2.52. The average Bonchev–Trinajstić information content (AvgIpc) is 2.34. The molecule has 3 aliphatic rings. The molecule has 92 valence electrons. The molecule has 2 nitrogen and oxygen atoms in total. The maximum atomic E-state index is 13.0. The highest BCUT2D eigenvalue weighted by Crippen LogP contribution is 2.31. The summed E-state index contributed by atoms with van der Waals surface area (Å²) >= 11 is 2.20. The van der Waals surface area contributed by atoms with E-state index in [1.54, 1.807) is 6.07 Å². The lowest BCUT2D eigenvalue weighted by atomic mass is 9.84. The summed E-state index contributed by atoms with van der Waals surface area (Å²) in [6.07, 6.45) is 2.60. The number of fused-ring (bicyclic) bond motifs is 3. The molecule has 0 radical (unpaired) electrons. The second-order valence-corrected chi connectivity index (χ2v) is 6.18. The smallest absolute Gasteiger partial charge is 0.124 e. The molecule has 3 aliphatic heterocycles. The van der Waals surface area contributed by atoms with E-state index in [1.165, 1.54) is 32.0 Å². The molecule has 0 amide bonds. The maximum Gasteiger partial charge on any atom is 0.124 e. The van der Waals surface area contributed by atoms with Gasteiger partial charge in [0.2, 0.25) is 0 Å². The molecular weight excluding hydrogens is 330 g/mol. The van der Waals surface area contributed by atoms with Crippen LogP contribution in [0.3, 0.4) is 0 Å². The number of hydrogen-bond acceptors (Lipinski definition) is 2. The topological polar surface area (TPSA) is 15.3 Å². The molecule has 1 aromatic carbocycles. The van der Waals surface area contributed by atoms with Crippen molar-refractivity contribution in [2.45, 2.75) is 18.9 Å². The Morgan fingerprint density at radius 1 is 1.29 bits per heavy atom. The molecule has 4 heteroatoms. The van der Waals surface area contributed by atoms with Gasteiger partial charge in [-0.05, 0) is 72.6 Å². The van der Waals surface area contributed by atoms with Gasteiger partial charge >= 0.3 is 0 Å². The normalized spacial score (nSPS) is 31.5. The fourth-order valence-corrected chi connectivity index (χ4v) is 3.57. The van der Waals surface area contributed by atoms with Crippen LogP contribution >= 0.6 is 22.6 Å². The van der Waals surface area contributed by atoms with Crippen LogP contribution in [-0.2, 0) is 0 Å². The third-order valence-corrected chi connectivity index (χ3v) is 4.82. The van der Waals surface area contributed by atoms with Gasteiger partial charge in [-0.1, -0.05) is 0 Å². The van der Waals surface area contributed by atoms with Crippen LogP contribution in [0.4, 0.5) is 10.1 Å². The van der Waals surface area contributed by atoms with E-state index in [9.17, 15) is 4.39 Å². The van der Waals surface area contributed by atoms with E-state index in [-0.39, 0.29) is 5.82 Å². The Balaban J connectivity index is 1.74. The molecule has 1 atom stereocenters. The zero-order chi connectivity index (χ0) is 11.8. The molecule has 3 heterocycles. The maximum absolute atomic E-state index is 13.0. The molecule has 4 rings (SSSR count). The van der Waals surface area contributed by atoms with E-state index in [1.807, 2.05) is 6.07 Å². The minimum atomic E-state index is -0.158. The summed E-state index contributed by atoms with van der Waals surface area (Å²) in [5.74, 6) is 0.634. The molecule has 0 spiro atoms. The first-order valence-corrected chi connectivity index (χ1v) is 7.24. The molecule has 0 aliphatic carbocycles. The number of rotatable bonds is 2. The van der Waals surface area contributed by atoms with Gasteiger partial charge in [0.1, 0.15) is 5.82 Å². The molecule has 2 bridgehead atoms. The zero-order valence-electron chi connectivity index (χ0n) is 9.63. The van der Waals surface area contributed by atoms with Gasteiger partial charge in [0, 0.05) is 21.8 Å². The number of nitrogens with zero attached hydrogens (tertiary/aromatic N) is 1. The van der Waals surface area contributed by atoms with Gasteiger partial charge in [0.25, 0.3) is 0 Å². The van der Waals surface area contributed by atoms with E-state index >= 15 is 0 Å². The van der Waals surface area contributed by atoms with Crippen molar-refractivity contribution < 1.29 is 4.39 Å². The van der Waals surface area contributed by atoms with E-state index in [2.05, 4.69) is 32.8 Å². The van der Waals surface area contributed by atoms with E-state index < -0.39 is 0 Å². The van der Waals surface area contributed by atoms with Crippen molar-refractivity contribution >= 4 is 28.3 Å². The van der Waals surface area contributed by atoms with Crippen LogP contribution in [0, 0.1) is 15.3 Å². The summed E-state index contributed by atoms with van der Waals surface area (Å²) in [6, 6.07) is 5.52. The van der Waals surface area contributed by atoms with Crippen molar-refractivity contribution in [3.63, 3.8) is 0 Å². The molecule has 0 saturated carbocycles. The van der Waals surface area contributed by atoms with Crippen molar-refractivity contribution in [1.29, 1.82) is 0 Å². The highest BCUT2D eigenvalue weighted by Gasteiger charge is 2.34. The Kier molecular flexibility index (Phi) is 3.25. The van der Waals surface area contributed by atoms with Crippen LogP contribution in [0.25, 0.3) is 0 Å². The number of hydrogen-bond donors (Lipinski definition) is 1. The van der Waals surface area contributed by atoms with Crippen molar-refractivity contribution in [3.05, 3.63) is 27.6 Å². The number of anilines is 1. The highest BCUT2D eigenvalue weighted by molar-refractivity contribution is 14.1. The fraction of sp³-hybridized carbons (Fsp3) is 0.538.